The summed E-state index contributed by atoms with van der Waals surface area (Å²) in [6.45, 7) is 6.80. The average Bonchev–Trinajstić information content (AvgIpc) is 2.13. The Morgan fingerprint density at radius 3 is 2.20 bits per heavy atom. The van der Waals surface area contributed by atoms with Crippen molar-refractivity contribution in [2.24, 2.45) is 11.1 Å². The summed E-state index contributed by atoms with van der Waals surface area (Å²) in [7, 11) is -2.79. The van der Waals surface area contributed by atoms with E-state index in [2.05, 4.69) is 13.8 Å². The van der Waals surface area contributed by atoms with Gasteiger partial charge in [0.05, 0.1) is 5.75 Å². The molecule has 0 bridgehead atoms. The monoisotopic (exact) mass is 235 g/mol. The Balaban J connectivity index is 3.72. The predicted octanol–water partition coefficient (Wildman–Crippen LogP) is 1.97. The molecule has 0 spiro atoms. The molecule has 2 N–H and O–H groups in total. The molecular weight excluding hydrogens is 210 g/mol. The van der Waals surface area contributed by atoms with Crippen molar-refractivity contribution < 1.29 is 8.42 Å². The lowest BCUT2D eigenvalue weighted by atomic mass is 9.88. The van der Waals surface area contributed by atoms with Gasteiger partial charge in [0.25, 0.3) is 0 Å². The molecule has 0 saturated carbocycles. The summed E-state index contributed by atoms with van der Waals surface area (Å²) in [6, 6.07) is 0. The molecule has 0 heterocycles. The highest BCUT2D eigenvalue weighted by Gasteiger charge is 2.15. The van der Waals surface area contributed by atoms with Gasteiger partial charge >= 0.3 is 0 Å². The van der Waals surface area contributed by atoms with Crippen LogP contribution in [0.3, 0.4) is 0 Å². The second kappa shape index (κ2) is 6.48. The second-order valence-corrected chi connectivity index (χ2v) is 7.28. The van der Waals surface area contributed by atoms with E-state index in [4.69, 9.17) is 5.73 Å². The molecule has 0 rings (SSSR count). The highest BCUT2D eigenvalue weighted by Crippen LogP contribution is 2.21. The zero-order valence-corrected chi connectivity index (χ0v) is 11.1. The average molecular weight is 235 g/mol. The molecule has 0 aliphatic heterocycles. The van der Waals surface area contributed by atoms with E-state index in [1.165, 1.54) is 0 Å². The quantitative estimate of drug-likeness (QED) is 0.654. The number of nitrogens with two attached hydrogens (primary N) is 1. The smallest absolute Gasteiger partial charge is 0.150 e. The maximum absolute atomic E-state index is 11.4. The zero-order chi connectivity index (χ0) is 11.9. The van der Waals surface area contributed by atoms with Crippen LogP contribution >= 0.6 is 0 Å². The van der Waals surface area contributed by atoms with E-state index in [1.807, 2.05) is 6.92 Å². The van der Waals surface area contributed by atoms with Crippen molar-refractivity contribution in [3.8, 4) is 0 Å². The molecule has 0 saturated heterocycles. The maximum Gasteiger partial charge on any atom is 0.150 e. The summed E-state index contributed by atoms with van der Waals surface area (Å²) < 4.78 is 22.8. The van der Waals surface area contributed by atoms with Crippen LogP contribution in [0.15, 0.2) is 0 Å². The minimum atomic E-state index is -2.79. The van der Waals surface area contributed by atoms with E-state index in [0.717, 1.165) is 25.7 Å². The number of rotatable bonds is 8. The molecule has 0 amide bonds. The fourth-order valence-corrected chi connectivity index (χ4v) is 2.91. The molecule has 0 radical (unpaired) electrons. The summed E-state index contributed by atoms with van der Waals surface area (Å²) in [6.07, 6.45) is 3.45. The Hall–Kier alpha value is -0.0900. The lowest BCUT2D eigenvalue weighted by Crippen LogP contribution is -2.23. The van der Waals surface area contributed by atoms with Crippen molar-refractivity contribution in [1.29, 1.82) is 0 Å². The van der Waals surface area contributed by atoms with E-state index in [-0.39, 0.29) is 5.41 Å². The van der Waals surface area contributed by atoms with Gasteiger partial charge in [-0.2, -0.15) is 0 Å². The van der Waals surface area contributed by atoms with E-state index in [0.29, 0.717) is 18.1 Å². The van der Waals surface area contributed by atoms with Gasteiger partial charge in [0.15, 0.2) is 0 Å². The van der Waals surface area contributed by atoms with Crippen LogP contribution in [0.1, 0.15) is 46.5 Å². The first-order chi connectivity index (χ1) is 6.83. The van der Waals surface area contributed by atoms with Crippen LogP contribution in [0.25, 0.3) is 0 Å². The summed E-state index contributed by atoms with van der Waals surface area (Å²) in [5.41, 5.74) is 5.75. The summed E-state index contributed by atoms with van der Waals surface area (Å²) in [5.74, 6) is 0.661. The SMILES string of the molecule is CCCS(=O)(=O)CCCCC(C)(C)CN. The molecule has 0 aliphatic carbocycles. The second-order valence-electron chi connectivity index (χ2n) is 4.98. The van der Waals surface area contributed by atoms with Crippen molar-refractivity contribution in [1.82, 2.24) is 0 Å². The molecule has 4 heteroatoms. The van der Waals surface area contributed by atoms with Gasteiger partial charge < -0.3 is 5.73 Å². The van der Waals surface area contributed by atoms with Crippen molar-refractivity contribution in [3.63, 3.8) is 0 Å². The lowest BCUT2D eigenvalue weighted by molar-refractivity contribution is 0.335. The molecule has 0 aromatic carbocycles. The van der Waals surface area contributed by atoms with Crippen LogP contribution in [0, 0.1) is 5.41 Å². The first-order valence-corrected chi connectivity index (χ1v) is 7.55. The Kier molecular flexibility index (Phi) is 6.44. The van der Waals surface area contributed by atoms with Crippen LogP contribution in [0.2, 0.25) is 0 Å². The van der Waals surface area contributed by atoms with Crippen LogP contribution in [-0.4, -0.2) is 26.5 Å². The lowest BCUT2D eigenvalue weighted by Gasteiger charge is -2.21. The van der Waals surface area contributed by atoms with Crippen molar-refractivity contribution >= 4 is 9.84 Å². The molecule has 0 aromatic heterocycles. The summed E-state index contributed by atoms with van der Waals surface area (Å²) in [4.78, 5) is 0. The molecular formula is C11H25NO2S. The van der Waals surface area contributed by atoms with Gasteiger partial charge in [-0.3, -0.25) is 0 Å². The first-order valence-electron chi connectivity index (χ1n) is 5.73. The van der Waals surface area contributed by atoms with Gasteiger partial charge in [-0.25, -0.2) is 8.42 Å². The van der Waals surface area contributed by atoms with Gasteiger partial charge in [0.1, 0.15) is 9.84 Å². The maximum atomic E-state index is 11.4. The molecule has 92 valence electrons. The highest BCUT2D eigenvalue weighted by molar-refractivity contribution is 7.91. The van der Waals surface area contributed by atoms with Gasteiger partial charge in [-0.15, -0.1) is 0 Å². The van der Waals surface area contributed by atoms with E-state index in [1.54, 1.807) is 0 Å². The Morgan fingerprint density at radius 2 is 1.73 bits per heavy atom. The van der Waals surface area contributed by atoms with Crippen molar-refractivity contribution in [3.05, 3.63) is 0 Å². The van der Waals surface area contributed by atoms with Crippen LogP contribution in [0.5, 0.6) is 0 Å². The van der Waals surface area contributed by atoms with Crippen molar-refractivity contribution in [2.45, 2.75) is 46.5 Å². The van der Waals surface area contributed by atoms with Gasteiger partial charge in [0, 0.05) is 5.75 Å². The van der Waals surface area contributed by atoms with E-state index < -0.39 is 9.84 Å². The Bertz CT molecular complexity index is 258. The zero-order valence-electron chi connectivity index (χ0n) is 10.3. The molecule has 0 fully saturated rings. The van der Waals surface area contributed by atoms with Crippen LogP contribution < -0.4 is 5.73 Å². The van der Waals surface area contributed by atoms with Crippen LogP contribution in [-0.2, 0) is 9.84 Å². The van der Waals surface area contributed by atoms with Crippen LogP contribution in [0.4, 0.5) is 0 Å². The fourth-order valence-electron chi connectivity index (χ4n) is 1.44. The third-order valence-electron chi connectivity index (χ3n) is 2.63. The van der Waals surface area contributed by atoms with E-state index in [9.17, 15) is 8.42 Å². The Morgan fingerprint density at radius 1 is 1.13 bits per heavy atom. The standard InChI is InChI=1S/C11H25NO2S/c1-4-8-15(13,14)9-6-5-7-11(2,3)10-12/h4-10,12H2,1-3H3. The number of unbranched alkanes of at least 4 members (excludes halogenated alkanes) is 1. The number of sulfone groups is 1. The van der Waals surface area contributed by atoms with Crippen molar-refractivity contribution in [2.75, 3.05) is 18.1 Å². The molecule has 0 aromatic rings. The summed E-state index contributed by atoms with van der Waals surface area (Å²) in [5, 5.41) is 0. The number of hydrogen-bond acceptors (Lipinski definition) is 3. The topological polar surface area (TPSA) is 60.2 Å². The summed E-state index contributed by atoms with van der Waals surface area (Å²) >= 11 is 0. The fraction of sp³-hybridized carbons (Fsp3) is 1.00. The number of hydrogen-bond donors (Lipinski definition) is 1. The highest BCUT2D eigenvalue weighted by atomic mass is 32.2. The first kappa shape index (κ1) is 14.9. The van der Waals surface area contributed by atoms with Gasteiger partial charge in [0.2, 0.25) is 0 Å². The third kappa shape index (κ3) is 7.79. The van der Waals surface area contributed by atoms with E-state index >= 15 is 0 Å². The van der Waals surface area contributed by atoms with Gasteiger partial charge in [-0.05, 0) is 31.2 Å². The third-order valence-corrected chi connectivity index (χ3v) is 4.57. The minimum Gasteiger partial charge on any atom is -0.330 e. The normalized spacial score (nSPS) is 13.1. The largest absolute Gasteiger partial charge is 0.330 e. The minimum absolute atomic E-state index is 0.147. The Labute approximate surface area is 94.4 Å². The molecule has 0 unspecified atom stereocenters. The van der Waals surface area contributed by atoms with Gasteiger partial charge in [-0.1, -0.05) is 27.2 Å². The molecule has 0 aliphatic rings. The molecule has 15 heavy (non-hydrogen) atoms. The predicted molar refractivity (Wildman–Crippen MR) is 65.6 cm³/mol. The molecule has 3 nitrogen and oxygen atoms in total. The molecule has 0 atom stereocenters.